The van der Waals surface area contributed by atoms with Crippen LogP contribution in [0.15, 0.2) is 27.6 Å². The molecule has 20 heavy (non-hydrogen) atoms. The van der Waals surface area contributed by atoms with Crippen molar-refractivity contribution < 1.29 is 13.5 Å². The van der Waals surface area contributed by atoms with Crippen molar-refractivity contribution in [2.45, 2.75) is 38.2 Å². The third kappa shape index (κ3) is 3.24. The average Bonchev–Trinajstić information content (AvgIpc) is 3.17. The standard InChI is InChI=1S/C14H20BrNO3S/c1-10(2)14(5-6-14)9-16-20(18,19)13-4-3-11(8-17)7-12(13)15/h3-4,7,10,16-17H,5-6,8-9H2,1-2H3. The quantitative estimate of drug-likeness (QED) is 0.818. The minimum absolute atomic E-state index is 0.108. The molecule has 2 N–H and O–H groups in total. The van der Waals surface area contributed by atoms with Crippen LogP contribution in [0.5, 0.6) is 0 Å². The van der Waals surface area contributed by atoms with Crippen molar-refractivity contribution in [3.05, 3.63) is 28.2 Å². The molecule has 4 nitrogen and oxygen atoms in total. The summed E-state index contributed by atoms with van der Waals surface area (Å²) in [6.07, 6.45) is 2.16. The normalized spacial score (nSPS) is 17.4. The number of aliphatic hydroxyl groups is 1. The Labute approximate surface area is 128 Å². The third-order valence-corrected chi connectivity index (χ3v) is 6.58. The molecule has 0 bridgehead atoms. The molecule has 0 unspecified atom stereocenters. The molecule has 0 saturated heterocycles. The lowest BCUT2D eigenvalue weighted by Crippen LogP contribution is -2.32. The fourth-order valence-electron chi connectivity index (χ4n) is 2.30. The van der Waals surface area contributed by atoms with Crippen LogP contribution < -0.4 is 4.72 Å². The highest BCUT2D eigenvalue weighted by atomic mass is 79.9. The van der Waals surface area contributed by atoms with Gasteiger partial charge in [0.25, 0.3) is 0 Å². The average molecular weight is 362 g/mol. The van der Waals surface area contributed by atoms with E-state index >= 15 is 0 Å². The van der Waals surface area contributed by atoms with E-state index in [2.05, 4.69) is 34.5 Å². The maximum atomic E-state index is 12.3. The molecule has 1 aliphatic rings. The summed E-state index contributed by atoms with van der Waals surface area (Å²) in [4.78, 5) is 0.217. The molecule has 112 valence electrons. The number of aliphatic hydroxyl groups excluding tert-OH is 1. The van der Waals surface area contributed by atoms with Gasteiger partial charge in [-0.3, -0.25) is 0 Å². The van der Waals surface area contributed by atoms with Gasteiger partial charge in [0, 0.05) is 11.0 Å². The van der Waals surface area contributed by atoms with Gasteiger partial charge in [-0.2, -0.15) is 0 Å². The van der Waals surface area contributed by atoms with Gasteiger partial charge < -0.3 is 5.11 Å². The molecule has 1 aromatic carbocycles. The van der Waals surface area contributed by atoms with Gasteiger partial charge in [0.05, 0.1) is 11.5 Å². The molecule has 6 heteroatoms. The summed E-state index contributed by atoms with van der Waals surface area (Å²) in [7, 11) is -3.52. The van der Waals surface area contributed by atoms with Crippen molar-refractivity contribution in [1.82, 2.24) is 4.72 Å². The zero-order valence-electron chi connectivity index (χ0n) is 11.7. The molecule has 0 aliphatic heterocycles. The van der Waals surface area contributed by atoms with Gasteiger partial charge in [0.1, 0.15) is 0 Å². The Morgan fingerprint density at radius 1 is 1.40 bits per heavy atom. The predicted octanol–water partition coefficient (Wildman–Crippen LogP) is 2.66. The summed E-state index contributed by atoms with van der Waals surface area (Å²) in [6, 6.07) is 4.77. The first-order valence-corrected chi connectivity index (χ1v) is 8.97. The first-order chi connectivity index (χ1) is 9.31. The van der Waals surface area contributed by atoms with Gasteiger partial charge >= 0.3 is 0 Å². The van der Waals surface area contributed by atoms with Crippen LogP contribution in [0.1, 0.15) is 32.3 Å². The summed E-state index contributed by atoms with van der Waals surface area (Å²) in [5.41, 5.74) is 0.807. The van der Waals surface area contributed by atoms with Crippen molar-refractivity contribution >= 4 is 26.0 Å². The van der Waals surface area contributed by atoms with Crippen LogP contribution in [0.3, 0.4) is 0 Å². The van der Waals surface area contributed by atoms with E-state index in [0.717, 1.165) is 12.8 Å². The highest BCUT2D eigenvalue weighted by molar-refractivity contribution is 9.10. The Balaban J connectivity index is 2.15. The lowest BCUT2D eigenvalue weighted by molar-refractivity contribution is 0.281. The van der Waals surface area contributed by atoms with E-state index in [1.807, 2.05) is 0 Å². The molecule has 1 aromatic rings. The molecule has 0 radical (unpaired) electrons. The van der Waals surface area contributed by atoms with E-state index in [1.165, 1.54) is 6.07 Å². The first kappa shape index (κ1) is 15.9. The summed E-state index contributed by atoms with van der Waals surface area (Å²) >= 11 is 3.26. The van der Waals surface area contributed by atoms with Crippen molar-refractivity contribution in [3.8, 4) is 0 Å². The molecular formula is C14H20BrNO3S. The number of hydrogen-bond donors (Lipinski definition) is 2. The monoisotopic (exact) mass is 361 g/mol. The largest absolute Gasteiger partial charge is 0.392 e. The minimum Gasteiger partial charge on any atom is -0.392 e. The highest BCUT2D eigenvalue weighted by Crippen LogP contribution is 2.51. The second-order valence-corrected chi connectivity index (χ2v) is 8.35. The van der Waals surface area contributed by atoms with Crippen LogP contribution in [0.4, 0.5) is 0 Å². The van der Waals surface area contributed by atoms with Gasteiger partial charge in [-0.05, 0) is 57.8 Å². The lowest BCUT2D eigenvalue weighted by Gasteiger charge is -2.20. The van der Waals surface area contributed by atoms with Gasteiger partial charge in [-0.15, -0.1) is 0 Å². The van der Waals surface area contributed by atoms with E-state index in [-0.39, 0.29) is 16.9 Å². The van der Waals surface area contributed by atoms with Gasteiger partial charge in [0.2, 0.25) is 10.0 Å². The highest BCUT2D eigenvalue weighted by Gasteiger charge is 2.45. The SMILES string of the molecule is CC(C)C1(CNS(=O)(=O)c2ccc(CO)cc2Br)CC1. The van der Waals surface area contributed by atoms with Crippen molar-refractivity contribution in [3.63, 3.8) is 0 Å². The Morgan fingerprint density at radius 2 is 2.05 bits per heavy atom. The van der Waals surface area contributed by atoms with E-state index in [4.69, 9.17) is 5.11 Å². The molecule has 0 aromatic heterocycles. The molecule has 1 saturated carbocycles. The van der Waals surface area contributed by atoms with Crippen molar-refractivity contribution in [1.29, 1.82) is 0 Å². The summed E-state index contributed by atoms with van der Waals surface area (Å²) in [6.45, 7) is 4.64. The molecule has 1 fully saturated rings. The molecule has 0 heterocycles. The summed E-state index contributed by atoms with van der Waals surface area (Å²) < 4.78 is 27.9. The lowest BCUT2D eigenvalue weighted by atomic mass is 9.93. The number of nitrogens with one attached hydrogen (secondary N) is 1. The number of halogens is 1. The van der Waals surface area contributed by atoms with E-state index < -0.39 is 10.0 Å². The molecule has 1 aliphatic carbocycles. The molecule has 0 atom stereocenters. The fourth-order valence-corrected chi connectivity index (χ4v) is 4.56. The first-order valence-electron chi connectivity index (χ1n) is 6.70. The Bertz CT molecular complexity index is 594. The van der Waals surface area contributed by atoms with Crippen LogP contribution in [0, 0.1) is 11.3 Å². The minimum atomic E-state index is -3.52. The Hall–Kier alpha value is -0.430. The number of hydrogen-bond acceptors (Lipinski definition) is 3. The number of sulfonamides is 1. The van der Waals surface area contributed by atoms with Gasteiger partial charge in [-0.25, -0.2) is 13.1 Å². The van der Waals surface area contributed by atoms with E-state index in [1.54, 1.807) is 12.1 Å². The second-order valence-electron chi connectivity index (χ2n) is 5.76. The van der Waals surface area contributed by atoms with Gasteiger partial charge in [-0.1, -0.05) is 19.9 Å². The third-order valence-electron chi connectivity index (χ3n) is 4.20. The molecule has 2 rings (SSSR count). The zero-order chi connectivity index (χ0) is 15.0. The van der Waals surface area contributed by atoms with Crippen molar-refractivity contribution in [2.75, 3.05) is 6.54 Å². The van der Waals surface area contributed by atoms with Crippen LogP contribution in [0.2, 0.25) is 0 Å². The topological polar surface area (TPSA) is 66.4 Å². The smallest absolute Gasteiger partial charge is 0.241 e. The number of benzene rings is 1. The summed E-state index contributed by atoms with van der Waals surface area (Å²) in [5.74, 6) is 0.477. The molecule has 0 spiro atoms. The zero-order valence-corrected chi connectivity index (χ0v) is 14.1. The number of rotatable bonds is 6. The van der Waals surface area contributed by atoms with Crippen LogP contribution >= 0.6 is 15.9 Å². The van der Waals surface area contributed by atoms with Crippen LogP contribution in [0.25, 0.3) is 0 Å². The summed E-state index contributed by atoms with van der Waals surface area (Å²) in [5, 5.41) is 9.05. The second kappa shape index (κ2) is 5.75. The maximum absolute atomic E-state index is 12.3. The van der Waals surface area contributed by atoms with Crippen LogP contribution in [-0.2, 0) is 16.6 Å². The Kier molecular flexibility index (Phi) is 4.59. The predicted molar refractivity (Wildman–Crippen MR) is 81.8 cm³/mol. The van der Waals surface area contributed by atoms with Crippen molar-refractivity contribution in [2.24, 2.45) is 11.3 Å². The van der Waals surface area contributed by atoms with Crippen LogP contribution in [-0.4, -0.2) is 20.1 Å². The van der Waals surface area contributed by atoms with E-state index in [9.17, 15) is 8.42 Å². The fraction of sp³-hybridized carbons (Fsp3) is 0.571. The molecular weight excluding hydrogens is 342 g/mol. The molecule has 0 amide bonds. The van der Waals surface area contributed by atoms with E-state index in [0.29, 0.717) is 22.5 Å². The van der Waals surface area contributed by atoms with Gasteiger partial charge in [0.15, 0.2) is 0 Å². The maximum Gasteiger partial charge on any atom is 0.241 e. The Morgan fingerprint density at radius 3 is 2.50 bits per heavy atom.